The lowest BCUT2D eigenvalue weighted by Crippen LogP contribution is -2.51. The largest absolute Gasteiger partial charge is 0.338 e. The van der Waals surface area contributed by atoms with Gasteiger partial charge in [0.2, 0.25) is 8.53 Å². The molecule has 3 saturated carbocycles. The molecule has 36 heavy (non-hydrogen) atoms. The molecule has 208 valence electrons. The zero-order valence-corrected chi connectivity index (χ0v) is 25.0. The van der Waals surface area contributed by atoms with Crippen LogP contribution in [0.15, 0.2) is 11.6 Å². The van der Waals surface area contributed by atoms with E-state index in [1.165, 1.54) is 83.7 Å². The second-order valence-electron chi connectivity index (χ2n) is 14.0. The molecule has 0 radical (unpaired) electrons. The van der Waals surface area contributed by atoms with E-state index in [0.29, 0.717) is 10.8 Å². The Bertz CT molecular complexity index is 730. The van der Waals surface area contributed by atoms with Crippen LogP contribution < -0.4 is 10.8 Å². The Morgan fingerprint density at radius 3 is 2.44 bits per heavy atom. The molecule has 4 fully saturated rings. The van der Waals surface area contributed by atoms with Gasteiger partial charge in [0.05, 0.1) is 6.10 Å². The van der Waals surface area contributed by atoms with Crippen LogP contribution >= 0.6 is 8.53 Å². The summed E-state index contributed by atoms with van der Waals surface area (Å²) in [7, 11) is -1.74. The van der Waals surface area contributed by atoms with Gasteiger partial charge in [-0.15, -0.1) is 0 Å². The Morgan fingerprint density at radius 2 is 1.81 bits per heavy atom. The van der Waals surface area contributed by atoms with Crippen molar-refractivity contribution >= 4 is 8.53 Å². The average molecular weight is 521 g/mol. The van der Waals surface area contributed by atoms with E-state index in [0.717, 1.165) is 48.3 Å². The third kappa shape index (κ3) is 6.25. The van der Waals surface area contributed by atoms with E-state index < -0.39 is 8.53 Å². The van der Waals surface area contributed by atoms with Crippen LogP contribution in [0.3, 0.4) is 0 Å². The van der Waals surface area contributed by atoms with Crippen molar-refractivity contribution in [3.63, 3.8) is 0 Å². The molecule has 0 amide bonds. The van der Waals surface area contributed by atoms with E-state index in [-0.39, 0.29) is 6.10 Å². The first-order valence-electron chi connectivity index (χ1n) is 15.5. The Morgan fingerprint density at radius 1 is 1.06 bits per heavy atom. The number of fused-ring (bicyclic) bond motifs is 5. The van der Waals surface area contributed by atoms with Crippen LogP contribution in [-0.2, 0) is 4.52 Å². The summed E-state index contributed by atoms with van der Waals surface area (Å²) in [4.78, 5) is 9.53. The van der Waals surface area contributed by atoms with Crippen LogP contribution in [0.5, 0.6) is 0 Å². The van der Waals surface area contributed by atoms with E-state index >= 15 is 0 Å². The molecule has 4 N–H and O–H groups in total. The lowest BCUT2D eigenvalue weighted by Gasteiger charge is -2.58. The Labute approximate surface area is 224 Å². The van der Waals surface area contributed by atoms with Gasteiger partial charge in [-0.2, -0.15) is 0 Å². The highest BCUT2D eigenvalue weighted by molar-refractivity contribution is 7.43. The van der Waals surface area contributed by atoms with Crippen molar-refractivity contribution in [3.8, 4) is 0 Å². The first-order valence-corrected chi connectivity index (χ1v) is 16.7. The molecule has 0 spiro atoms. The summed E-state index contributed by atoms with van der Waals surface area (Å²) in [6.07, 6.45) is 20.0. The van der Waals surface area contributed by atoms with Gasteiger partial charge in [-0.1, -0.05) is 65.5 Å². The lowest BCUT2D eigenvalue weighted by atomic mass is 9.47. The smallest absolute Gasteiger partial charge is 0.250 e. The Hall–Kier alpha value is 0.01000. The molecule has 1 saturated heterocycles. The molecule has 1 aliphatic heterocycles. The highest BCUT2D eigenvalue weighted by Crippen LogP contribution is 2.67. The van der Waals surface area contributed by atoms with Crippen LogP contribution in [0.4, 0.5) is 0 Å². The predicted molar refractivity (Wildman–Crippen MR) is 153 cm³/mol. The number of nitrogens with two attached hydrogens (primary N) is 1. The first-order chi connectivity index (χ1) is 17.1. The summed E-state index contributed by atoms with van der Waals surface area (Å²) in [5, 5.41) is 3.22. The van der Waals surface area contributed by atoms with Crippen LogP contribution in [0.25, 0.3) is 0 Å². The molecule has 0 aromatic carbocycles. The Balaban J connectivity index is 0.000000543. The zero-order chi connectivity index (χ0) is 25.9. The van der Waals surface area contributed by atoms with E-state index in [1.807, 2.05) is 0 Å². The van der Waals surface area contributed by atoms with Crippen LogP contribution in [0.2, 0.25) is 0 Å². The second kappa shape index (κ2) is 12.5. The standard InChI is InChI=1S/C27H48NO2P.C4H9N/c1-18(2)7-6-8-19(3)23-11-12-24-22-10-9-20-17-21(30-31(28)29)13-15-26(20,4)25(22)14-16-27(23,24)5;1-2-4-5-3-1/h9,18-19,21-25,29H,6-8,10-17,28H2,1-5H3;5H,1-4H2/t19-,21?,22?,23-,24?,25?,26+,27-,31?;/m1./s1. The van der Waals surface area contributed by atoms with Gasteiger partial charge in [0, 0.05) is 0 Å². The molecular weight excluding hydrogens is 463 g/mol. The Kier molecular flexibility index (Phi) is 10.0. The minimum atomic E-state index is -1.74. The number of nitrogens with one attached hydrogen (secondary N) is 1. The minimum Gasteiger partial charge on any atom is -0.338 e. The molecule has 1 heterocycles. The van der Waals surface area contributed by atoms with Crippen molar-refractivity contribution in [1.82, 2.24) is 5.32 Å². The van der Waals surface area contributed by atoms with Gasteiger partial charge in [-0.3, -0.25) is 5.50 Å². The molecule has 5 aliphatic rings. The quantitative estimate of drug-likeness (QED) is 0.235. The van der Waals surface area contributed by atoms with E-state index in [4.69, 9.17) is 10.0 Å². The highest BCUT2D eigenvalue weighted by Gasteiger charge is 2.59. The van der Waals surface area contributed by atoms with E-state index in [1.54, 1.807) is 5.57 Å². The number of hydrogen-bond donors (Lipinski definition) is 3. The molecule has 0 bridgehead atoms. The van der Waals surface area contributed by atoms with Gasteiger partial charge in [0.25, 0.3) is 0 Å². The van der Waals surface area contributed by atoms with Crippen molar-refractivity contribution in [3.05, 3.63) is 11.6 Å². The highest BCUT2D eigenvalue weighted by atomic mass is 31.2. The molecule has 4 aliphatic carbocycles. The fraction of sp³-hybridized carbons (Fsp3) is 0.935. The minimum absolute atomic E-state index is 0.119. The fourth-order valence-corrected chi connectivity index (χ4v) is 10.0. The van der Waals surface area contributed by atoms with Gasteiger partial charge in [-0.25, -0.2) is 0 Å². The fourth-order valence-electron chi connectivity index (χ4n) is 9.52. The van der Waals surface area contributed by atoms with E-state index in [9.17, 15) is 4.89 Å². The van der Waals surface area contributed by atoms with Gasteiger partial charge in [0.1, 0.15) is 0 Å². The van der Waals surface area contributed by atoms with Crippen molar-refractivity contribution in [1.29, 1.82) is 0 Å². The van der Waals surface area contributed by atoms with E-state index in [2.05, 4.69) is 46.0 Å². The molecule has 9 atom stereocenters. The maximum Gasteiger partial charge on any atom is 0.250 e. The third-order valence-electron chi connectivity index (χ3n) is 11.5. The predicted octanol–water partition coefficient (Wildman–Crippen LogP) is 7.96. The van der Waals surface area contributed by atoms with Crippen LogP contribution in [0.1, 0.15) is 118 Å². The molecular formula is C31H57N2O2P. The summed E-state index contributed by atoms with van der Waals surface area (Å²) < 4.78 is 5.65. The summed E-state index contributed by atoms with van der Waals surface area (Å²) in [6.45, 7) is 15.0. The summed E-state index contributed by atoms with van der Waals surface area (Å²) in [6, 6.07) is 0. The number of allylic oxidation sites excluding steroid dienone is 1. The number of hydrogen-bond acceptors (Lipinski definition) is 4. The van der Waals surface area contributed by atoms with Gasteiger partial charge >= 0.3 is 0 Å². The van der Waals surface area contributed by atoms with Crippen molar-refractivity contribution in [2.45, 2.75) is 124 Å². The number of rotatable bonds is 7. The molecule has 5 heteroatoms. The molecule has 5 unspecified atom stereocenters. The second-order valence-corrected chi connectivity index (χ2v) is 14.8. The average Bonchev–Trinajstić information content (AvgIpc) is 3.50. The topological polar surface area (TPSA) is 67.5 Å². The summed E-state index contributed by atoms with van der Waals surface area (Å²) >= 11 is 0. The monoisotopic (exact) mass is 520 g/mol. The van der Waals surface area contributed by atoms with Gasteiger partial charge in [0.15, 0.2) is 0 Å². The maximum absolute atomic E-state index is 9.53. The molecule has 4 nitrogen and oxygen atoms in total. The summed E-state index contributed by atoms with van der Waals surface area (Å²) in [5.74, 6) is 5.29. The van der Waals surface area contributed by atoms with Crippen molar-refractivity contribution in [2.75, 3.05) is 13.1 Å². The SMILES string of the molecule is C1CCNC1.CC(C)CCC[C@@H](C)[C@H]1CCC2C3CC=C4CC(OP(N)O)CC[C@]4(C)C3CC[C@@]21C. The molecule has 0 aromatic rings. The molecule has 5 rings (SSSR count). The van der Waals surface area contributed by atoms with Gasteiger partial charge in [-0.05, 0) is 124 Å². The maximum atomic E-state index is 9.53. The summed E-state index contributed by atoms with van der Waals surface area (Å²) in [5.41, 5.74) is 8.08. The molecule has 0 aromatic heterocycles. The zero-order valence-electron chi connectivity index (χ0n) is 24.1. The lowest BCUT2D eigenvalue weighted by molar-refractivity contribution is -0.0558. The first kappa shape index (κ1) is 29.0. The normalized spacial score (nSPS) is 41.4. The third-order valence-corrected chi connectivity index (χ3v) is 12.0. The van der Waals surface area contributed by atoms with Crippen molar-refractivity contribution in [2.24, 2.45) is 51.8 Å². The van der Waals surface area contributed by atoms with Crippen LogP contribution in [-0.4, -0.2) is 24.1 Å². The van der Waals surface area contributed by atoms with Crippen LogP contribution in [0, 0.1) is 46.3 Å². The van der Waals surface area contributed by atoms with Crippen molar-refractivity contribution < 1.29 is 9.42 Å². The van der Waals surface area contributed by atoms with Gasteiger partial charge < -0.3 is 14.7 Å².